The van der Waals surface area contributed by atoms with Crippen molar-refractivity contribution in [3.05, 3.63) is 46.9 Å². The molecular weight excluding hydrogens is 296 g/mol. The van der Waals surface area contributed by atoms with Gasteiger partial charge in [0.05, 0.1) is 0 Å². The van der Waals surface area contributed by atoms with Crippen molar-refractivity contribution in [2.45, 2.75) is 6.92 Å². The number of carboxylic acids is 1. The number of benzene rings is 1. The van der Waals surface area contributed by atoms with Crippen LogP contribution in [0.5, 0.6) is 11.6 Å². The Labute approximate surface area is 123 Å². The molecule has 3 aromatic rings. The van der Waals surface area contributed by atoms with Gasteiger partial charge < -0.3 is 9.84 Å². The standard InChI is InChI=1S/C13H9ClN4O3/c1-7-4-11(18-13(17-7)15-6-16-18)21-10-3-2-8(14)5-9(10)12(19)20/h2-6H,1H3,(H,19,20). The van der Waals surface area contributed by atoms with Crippen LogP contribution in [0.3, 0.4) is 0 Å². The summed E-state index contributed by atoms with van der Waals surface area (Å²) < 4.78 is 7.04. The van der Waals surface area contributed by atoms with Crippen molar-refractivity contribution in [1.82, 2.24) is 19.6 Å². The first-order valence-corrected chi connectivity index (χ1v) is 6.30. The first-order valence-electron chi connectivity index (χ1n) is 5.92. The molecule has 0 aliphatic heterocycles. The molecule has 0 unspecified atom stereocenters. The Morgan fingerprint density at radius 1 is 1.38 bits per heavy atom. The molecule has 0 bridgehead atoms. The average molecular weight is 305 g/mol. The second-order valence-electron chi connectivity index (χ2n) is 4.26. The van der Waals surface area contributed by atoms with Crippen LogP contribution >= 0.6 is 11.6 Å². The Kier molecular flexibility index (Phi) is 3.19. The van der Waals surface area contributed by atoms with Gasteiger partial charge in [-0.3, -0.25) is 0 Å². The van der Waals surface area contributed by atoms with Crippen LogP contribution in [0.15, 0.2) is 30.6 Å². The van der Waals surface area contributed by atoms with E-state index in [-0.39, 0.29) is 11.3 Å². The molecule has 1 aromatic carbocycles. The van der Waals surface area contributed by atoms with Crippen molar-refractivity contribution in [2.24, 2.45) is 0 Å². The zero-order chi connectivity index (χ0) is 15.0. The smallest absolute Gasteiger partial charge is 0.339 e. The number of aromatic carboxylic acids is 1. The van der Waals surface area contributed by atoms with E-state index in [2.05, 4.69) is 15.1 Å². The van der Waals surface area contributed by atoms with Gasteiger partial charge in [0.2, 0.25) is 5.88 Å². The molecule has 0 saturated heterocycles. The molecule has 0 aliphatic rings. The summed E-state index contributed by atoms with van der Waals surface area (Å²) in [6.45, 7) is 1.78. The zero-order valence-electron chi connectivity index (χ0n) is 10.8. The molecule has 8 heteroatoms. The molecule has 106 valence electrons. The summed E-state index contributed by atoms with van der Waals surface area (Å²) >= 11 is 5.81. The third kappa shape index (κ3) is 2.50. The Balaban J connectivity index is 2.10. The molecule has 0 atom stereocenters. The molecule has 0 radical (unpaired) electrons. The van der Waals surface area contributed by atoms with Crippen LogP contribution in [0.2, 0.25) is 5.02 Å². The van der Waals surface area contributed by atoms with Crippen molar-refractivity contribution in [1.29, 1.82) is 0 Å². The molecule has 0 aliphatic carbocycles. The number of carbonyl (C=O) groups is 1. The van der Waals surface area contributed by atoms with Gasteiger partial charge in [0.25, 0.3) is 5.78 Å². The fourth-order valence-corrected chi connectivity index (χ4v) is 2.01. The van der Waals surface area contributed by atoms with Gasteiger partial charge in [-0.25, -0.2) is 9.78 Å². The normalized spacial score (nSPS) is 10.8. The molecule has 1 N–H and O–H groups in total. The van der Waals surface area contributed by atoms with Gasteiger partial charge in [0.15, 0.2) is 0 Å². The first kappa shape index (κ1) is 13.3. The summed E-state index contributed by atoms with van der Waals surface area (Å²) in [5.74, 6) is -0.280. The van der Waals surface area contributed by atoms with Crippen LogP contribution in [0, 0.1) is 6.92 Å². The summed E-state index contributed by atoms with van der Waals surface area (Å²) in [6, 6.07) is 6.01. The maximum absolute atomic E-state index is 11.3. The SMILES string of the molecule is Cc1cc(Oc2ccc(Cl)cc2C(=O)O)n2ncnc2n1. The van der Waals surface area contributed by atoms with Crippen molar-refractivity contribution >= 4 is 23.3 Å². The predicted octanol–water partition coefficient (Wildman–Crippen LogP) is 2.58. The molecule has 2 heterocycles. The van der Waals surface area contributed by atoms with Crippen LogP contribution in [0.4, 0.5) is 0 Å². The monoisotopic (exact) mass is 304 g/mol. The van der Waals surface area contributed by atoms with Crippen LogP contribution < -0.4 is 4.74 Å². The number of hydrogen-bond acceptors (Lipinski definition) is 5. The maximum atomic E-state index is 11.3. The van der Waals surface area contributed by atoms with Crippen molar-refractivity contribution in [3.8, 4) is 11.6 Å². The third-order valence-corrected chi connectivity index (χ3v) is 2.97. The Morgan fingerprint density at radius 3 is 2.95 bits per heavy atom. The summed E-state index contributed by atoms with van der Waals surface area (Å²) in [5, 5.41) is 13.5. The summed E-state index contributed by atoms with van der Waals surface area (Å²) in [4.78, 5) is 19.4. The molecule has 7 nitrogen and oxygen atoms in total. The summed E-state index contributed by atoms with van der Waals surface area (Å²) in [6.07, 6.45) is 1.34. The van der Waals surface area contributed by atoms with Gasteiger partial charge >= 0.3 is 5.97 Å². The largest absolute Gasteiger partial charge is 0.478 e. The number of hydrogen-bond donors (Lipinski definition) is 1. The number of aryl methyl sites for hydroxylation is 1. The van der Waals surface area contributed by atoms with Crippen LogP contribution in [-0.4, -0.2) is 30.7 Å². The Hall–Kier alpha value is -2.67. The van der Waals surface area contributed by atoms with Crippen molar-refractivity contribution in [2.75, 3.05) is 0 Å². The number of ether oxygens (including phenoxy) is 1. The Bertz CT molecular complexity index is 847. The molecule has 0 fully saturated rings. The number of aromatic nitrogens is 4. The van der Waals surface area contributed by atoms with E-state index in [0.29, 0.717) is 22.4 Å². The Morgan fingerprint density at radius 2 is 2.19 bits per heavy atom. The lowest BCUT2D eigenvalue weighted by Crippen LogP contribution is -2.03. The molecule has 0 spiro atoms. The lowest BCUT2D eigenvalue weighted by Gasteiger charge is -2.10. The van der Waals surface area contributed by atoms with Gasteiger partial charge in [-0.05, 0) is 25.1 Å². The summed E-state index contributed by atoms with van der Waals surface area (Å²) in [7, 11) is 0. The zero-order valence-corrected chi connectivity index (χ0v) is 11.6. The van der Waals surface area contributed by atoms with Gasteiger partial charge in [0, 0.05) is 16.8 Å². The van der Waals surface area contributed by atoms with E-state index in [0.717, 1.165) is 0 Å². The van der Waals surface area contributed by atoms with E-state index < -0.39 is 5.97 Å². The second-order valence-corrected chi connectivity index (χ2v) is 4.69. The van der Waals surface area contributed by atoms with E-state index in [9.17, 15) is 9.90 Å². The lowest BCUT2D eigenvalue weighted by atomic mass is 10.2. The first-order chi connectivity index (χ1) is 10.0. The fraction of sp³-hybridized carbons (Fsp3) is 0.0769. The van der Waals surface area contributed by atoms with E-state index in [4.69, 9.17) is 16.3 Å². The molecule has 0 saturated carbocycles. The second kappa shape index (κ2) is 5.02. The van der Waals surface area contributed by atoms with Gasteiger partial charge in [0.1, 0.15) is 17.6 Å². The van der Waals surface area contributed by atoms with Crippen molar-refractivity contribution in [3.63, 3.8) is 0 Å². The highest BCUT2D eigenvalue weighted by Crippen LogP contribution is 2.28. The number of fused-ring (bicyclic) bond motifs is 1. The average Bonchev–Trinajstić information content (AvgIpc) is 2.88. The van der Waals surface area contributed by atoms with Crippen molar-refractivity contribution < 1.29 is 14.6 Å². The van der Waals surface area contributed by atoms with Crippen LogP contribution in [-0.2, 0) is 0 Å². The van der Waals surface area contributed by atoms with E-state index in [1.165, 1.54) is 23.0 Å². The fourth-order valence-electron chi connectivity index (χ4n) is 1.84. The molecular formula is C13H9ClN4O3. The topological polar surface area (TPSA) is 89.6 Å². The third-order valence-electron chi connectivity index (χ3n) is 2.73. The quantitative estimate of drug-likeness (QED) is 0.800. The number of halogens is 1. The minimum Gasteiger partial charge on any atom is -0.478 e. The number of nitrogens with zero attached hydrogens (tertiary/aromatic N) is 4. The highest BCUT2D eigenvalue weighted by atomic mass is 35.5. The molecule has 2 aromatic heterocycles. The van der Waals surface area contributed by atoms with Gasteiger partial charge in [-0.1, -0.05) is 11.6 Å². The number of rotatable bonds is 3. The van der Waals surface area contributed by atoms with E-state index >= 15 is 0 Å². The van der Waals surface area contributed by atoms with Crippen LogP contribution in [0.25, 0.3) is 5.78 Å². The summed E-state index contributed by atoms with van der Waals surface area (Å²) in [5.41, 5.74) is 0.640. The van der Waals surface area contributed by atoms with E-state index in [1.807, 2.05) is 0 Å². The predicted molar refractivity (Wildman–Crippen MR) is 74.0 cm³/mol. The highest BCUT2D eigenvalue weighted by molar-refractivity contribution is 6.31. The molecule has 21 heavy (non-hydrogen) atoms. The molecule has 3 rings (SSSR count). The maximum Gasteiger partial charge on any atom is 0.339 e. The minimum absolute atomic E-state index is 0.0368. The highest BCUT2D eigenvalue weighted by Gasteiger charge is 2.15. The van der Waals surface area contributed by atoms with Gasteiger partial charge in [-0.2, -0.15) is 14.6 Å². The molecule has 0 amide bonds. The minimum atomic E-state index is -1.13. The van der Waals surface area contributed by atoms with Crippen LogP contribution in [0.1, 0.15) is 16.1 Å². The number of carboxylic acid groups (broad SMARTS) is 1. The van der Waals surface area contributed by atoms with E-state index in [1.54, 1.807) is 19.1 Å². The van der Waals surface area contributed by atoms with Gasteiger partial charge in [-0.15, -0.1) is 0 Å². The lowest BCUT2D eigenvalue weighted by molar-refractivity contribution is 0.0694.